The number of hydrogen-bond donors (Lipinski definition) is 0. The highest BCUT2D eigenvalue weighted by atomic mass is 28.4. The van der Waals surface area contributed by atoms with Crippen molar-refractivity contribution in [2.24, 2.45) is 34.5 Å². The Hall–Kier alpha value is -0.783. The second kappa shape index (κ2) is 6.88. The minimum atomic E-state index is -2.02. The summed E-state index contributed by atoms with van der Waals surface area (Å²) >= 11 is 0. The number of epoxide rings is 1. The standard InChI is InChI=1S/C27H42O4Si/c1-15(28)17-9-10-18-21-22(20(14-27(17,18)6)31-32(7,8)25(2,3)4)26(5)12-11-16(29)13-19(26)23-24(21)30-23/h13,17-18,20-24H,9-12,14H2,1-8H3/t17-,18+,20-,21+,22+,23-,24+,26+,27-/m1/s1. The molecule has 0 radical (unpaired) electrons. The van der Waals surface area contributed by atoms with Crippen molar-refractivity contribution in [2.45, 2.75) is 110 Å². The zero-order valence-electron chi connectivity index (χ0n) is 21.3. The SMILES string of the molecule is CC(=O)[C@H]1CC[C@H]2[C@@H]3[C@@H]4O[C@@H]4C4=CC(=O)CC[C@]4(C)[C@H]3[C@H](O[Si](C)(C)C(C)(C)C)C[C@]12C. The molecule has 0 unspecified atom stereocenters. The van der Waals surface area contributed by atoms with Crippen LogP contribution in [0.4, 0.5) is 0 Å². The third-order valence-electron chi connectivity index (χ3n) is 10.9. The molecule has 1 heterocycles. The fourth-order valence-electron chi connectivity index (χ4n) is 8.23. The molecule has 178 valence electrons. The third-order valence-corrected chi connectivity index (χ3v) is 15.4. The van der Waals surface area contributed by atoms with Crippen molar-refractivity contribution in [3.8, 4) is 0 Å². The van der Waals surface area contributed by atoms with Gasteiger partial charge in [-0.25, -0.2) is 0 Å². The lowest BCUT2D eigenvalue weighted by Crippen LogP contribution is -2.62. The Bertz CT molecular complexity index is 885. The van der Waals surface area contributed by atoms with E-state index in [4.69, 9.17) is 9.16 Å². The first-order valence-electron chi connectivity index (χ1n) is 12.8. The topological polar surface area (TPSA) is 55.9 Å². The quantitative estimate of drug-likeness (QED) is 0.401. The Balaban J connectivity index is 1.62. The molecule has 3 saturated carbocycles. The van der Waals surface area contributed by atoms with Gasteiger partial charge in [-0.3, -0.25) is 9.59 Å². The zero-order valence-corrected chi connectivity index (χ0v) is 22.3. The lowest BCUT2D eigenvalue weighted by Gasteiger charge is -2.60. The van der Waals surface area contributed by atoms with Crippen LogP contribution >= 0.6 is 0 Å². The molecular weight excluding hydrogens is 416 g/mol. The Labute approximate surface area is 195 Å². The molecule has 0 aromatic heterocycles. The van der Waals surface area contributed by atoms with E-state index in [0.717, 1.165) is 25.7 Å². The highest BCUT2D eigenvalue weighted by Crippen LogP contribution is 2.71. The van der Waals surface area contributed by atoms with Crippen molar-refractivity contribution >= 4 is 19.9 Å². The average molecular weight is 459 g/mol. The van der Waals surface area contributed by atoms with Gasteiger partial charge in [0, 0.05) is 18.4 Å². The summed E-state index contributed by atoms with van der Waals surface area (Å²) in [6.07, 6.45) is 6.97. The second-order valence-corrected chi connectivity index (χ2v) is 18.3. The summed E-state index contributed by atoms with van der Waals surface area (Å²) in [7, 11) is -2.02. The van der Waals surface area contributed by atoms with Crippen molar-refractivity contribution in [1.29, 1.82) is 0 Å². The molecule has 0 spiro atoms. The van der Waals surface area contributed by atoms with Crippen LogP contribution in [0.15, 0.2) is 11.6 Å². The lowest BCUT2D eigenvalue weighted by molar-refractivity contribution is -0.140. The van der Waals surface area contributed by atoms with Crippen molar-refractivity contribution in [1.82, 2.24) is 0 Å². The number of rotatable bonds is 3. The van der Waals surface area contributed by atoms with Crippen LogP contribution in [0.25, 0.3) is 0 Å². The number of Topliss-reactive ketones (excluding diaryl/α,β-unsaturated/α-hetero) is 1. The van der Waals surface area contributed by atoms with E-state index in [2.05, 4.69) is 47.7 Å². The Morgan fingerprint density at radius 3 is 2.53 bits per heavy atom. The molecule has 0 bridgehead atoms. The van der Waals surface area contributed by atoms with Crippen LogP contribution < -0.4 is 0 Å². The van der Waals surface area contributed by atoms with Crippen LogP contribution in [0, 0.1) is 34.5 Å². The maximum absolute atomic E-state index is 12.7. The Kier molecular flexibility index (Phi) is 4.94. The van der Waals surface area contributed by atoms with Gasteiger partial charge >= 0.3 is 0 Å². The van der Waals surface area contributed by atoms with E-state index in [1.807, 2.05) is 6.08 Å². The molecule has 1 saturated heterocycles. The molecule has 0 aromatic carbocycles. The van der Waals surface area contributed by atoms with Gasteiger partial charge in [0.2, 0.25) is 0 Å². The molecule has 9 atom stereocenters. The molecule has 0 amide bonds. The first-order chi connectivity index (χ1) is 14.7. The van der Waals surface area contributed by atoms with E-state index in [9.17, 15) is 9.59 Å². The van der Waals surface area contributed by atoms with Crippen LogP contribution in [0.1, 0.15) is 73.6 Å². The monoisotopic (exact) mass is 458 g/mol. The van der Waals surface area contributed by atoms with Crippen LogP contribution in [0.5, 0.6) is 0 Å². The van der Waals surface area contributed by atoms with E-state index < -0.39 is 8.32 Å². The maximum atomic E-state index is 12.7. The van der Waals surface area contributed by atoms with Crippen molar-refractivity contribution in [2.75, 3.05) is 0 Å². The number of hydrogen-bond acceptors (Lipinski definition) is 4. The molecule has 4 nitrogen and oxygen atoms in total. The number of ether oxygens (including phenoxy) is 1. The molecule has 5 rings (SSSR count). The molecule has 0 N–H and O–H groups in total. The molecule has 32 heavy (non-hydrogen) atoms. The Morgan fingerprint density at radius 2 is 1.91 bits per heavy atom. The number of fused-ring (bicyclic) bond motifs is 8. The van der Waals surface area contributed by atoms with Crippen molar-refractivity contribution in [3.63, 3.8) is 0 Å². The number of carbonyl (C=O) groups excluding carboxylic acids is 2. The minimum Gasteiger partial charge on any atom is -0.414 e. The summed E-state index contributed by atoms with van der Waals surface area (Å²) in [5, 5.41) is 0.130. The zero-order chi connectivity index (χ0) is 23.4. The fraction of sp³-hybridized carbons (Fsp3) is 0.852. The molecule has 4 fully saturated rings. The predicted molar refractivity (Wildman–Crippen MR) is 128 cm³/mol. The highest BCUT2D eigenvalue weighted by Gasteiger charge is 2.72. The van der Waals surface area contributed by atoms with Crippen LogP contribution in [-0.4, -0.2) is 38.2 Å². The summed E-state index contributed by atoms with van der Waals surface area (Å²) in [6.45, 7) is 18.2. The van der Waals surface area contributed by atoms with E-state index in [1.165, 1.54) is 5.57 Å². The molecule has 0 aromatic rings. The van der Waals surface area contributed by atoms with Crippen LogP contribution in [-0.2, 0) is 18.8 Å². The summed E-state index contributed by atoms with van der Waals surface area (Å²) in [4.78, 5) is 25.1. The normalized spacial score (nSPS) is 47.7. The van der Waals surface area contributed by atoms with Gasteiger partial charge in [0.1, 0.15) is 11.9 Å². The van der Waals surface area contributed by atoms with Crippen LogP contribution in [0.2, 0.25) is 18.1 Å². The van der Waals surface area contributed by atoms with Gasteiger partial charge < -0.3 is 9.16 Å². The third kappa shape index (κ3) is 3.06. The summed E-state index contributed by atoms with van der Waals surface area (Å²) in [5.41, 5.74) is 1.19. The largest absolute Gasteiger partial charge is 0.414 e. The van der Waals surface area contributed by atoms with Gasteiger partial charge in [0.15, 0.2) is 14.1 Å². The first kappa shape index (κ1) is 23.0. The van der Waals surface area contributed by atoms with Gasteiger partial charge in [-0.15, -0.1) is 0 Å². The van der Waals surface area contributed by atoms with Gasteiger partial charge in [-0.05, 0) is 91.0 Å². The Morgan fingerprint density at radius 1 is 1.22 bits per heavy atom. The van der Waals surface area contributed by atoms with E-state index >= 15 is 0 Å². The van der Waals surface area contributed by atoms with Gasteiger partial charge in [-0.2, -0.15) is 0 Å². The van der Waals surface area contributed by atoms with E-state index in [0.29, 0.717) is 30.0 Å². The predicted octanol–water partition coefficient (Wildman–Crippen LogP) is 5.71. The van der Waals surface area contributed by atoms with Gasteiger partial charge in [0.05, 0.1) is 6.10 Å². The summed E-state index contributed by atoms with van der Waals surface area (Å²) in [5.74, 6) is 2.03. The molecule has 1 aliphatic heterocycles. The van der Waals surface area contributed by atoms with Gasteiger partial charge in [0.25, 0.3) is 0 Å². The molecular formula is C27H42O4Si. The first-order valence-corrected chi connectivity index (χ1v) is 15.7. The van der Waals surface area contributed by atoms with E-state index in [-0.39, 0.29) is 45.9 Å². The summed E-state index contributed by atoms with van der Waals surface area (Å²) in [6, 6.07) is 0. The molecule has 5 heteroatoms. The highest BCUT2D eigenvalue weighted by molar-refractivity contribution is 6.74. The average Bonchev–Trinajstić information content (AvgIpc) is 3.36. The van der Waals surface area contributed by atoms with Crippen LogP contribution in [0.3, 0.4) is 0 Å². The van der Waals surface area contributed by atoms with Crippen molar-refractivity contribution in [3.05, 3.63) is 11.6 Å². The summed E-state index contributed by atoms with van der Waals surface area (Å²) < 4.78 is 13.7. The second-order valence-electron chi connectivity index (χ2n) is 13.6. The van der Waals surface area contributed by atoms with E-state index in [1.54, 1.807) is 6.92 Å². The lowest BCUT2D eigenvalue weighted by atomic mass is 9.46. The minimum absolute atomic E-state index is 0.0153. The molecule has 4 aliphatic carbocycles. The van der Waals surface area contributed by atoms with Crippen molar-refractivity contribution < 1.29 is 18.8 Å². The molecule has 5 aliphatic rings. The smallest absolute Gasteiger partial charge is 0.192 e. The number of ketones is 2. The maximum Gasteiger partial charge on any atom is 0.192 e. The fourth-order valence-corrected chi connectivity index (χ4v) is 9.57. The van der Waals surface area contributed by atoms with Gasteiger partial charge in [-0.1, -0.05) is 34.6 Å². The number of carbonyl (C=O) groups is 2.